The number of carbonyl (C=O) groups is 1. The Labute approximate surface area is 97.5 Å². The Morgan fingerprint density at radius 2 is 2.06 bits per heavy atom. The molecule has 1 aliphatic heterocycles. The van der Waals surface area contributed by atoms with Gasteiger partial charge in [-0.15, -0.1) is 0 Å². The number of nitrogens with zero attached hydrogens (tertiary/aromatic N) is 1. The molecule has 16 heavy (non-hydrogen) atoms. The van der Waals surface area contributed by atoms with Crippen molar-refractivity contribution in [1.29, 1.82) is 0 Å². The van der Waals surface area contributed by atoms with E-state index in [1.165, 1.54) is 0 Å². The van der Waals surface area contributed by atoms with E-state index in [9.17, 15) is 4.79 Å². The summed E-state index contributed by atoms with van der Waals surface area (Å²) in [5.41, 5.74) is 0. The van der Waals surface area contributed by atoms with Gasteiger partial charge in [-0.05, 0) is 32.6 Å². The predicted molar refractivity (Wildman–Crippen MR) is 63.1 cm³/mol. The third kappa shape index (κ3) is 2.85. The lowest BCUT2D eigenvalue weighted by atomic mass is 10.0. The van der Waals surface area contributed by atoms with Crippen molar-refractivity contribution in [3.8, 4) is 0 Å². The van der Waals surface area contributed by atoms with E-state index in [2.05, 4.69) is 12.2 Å². The molecule has 0 radical (unpaired) electrons. The predicted octanol–water partition coefficient (Wildman–Crippen LogP) is 1.98. The Kier molecular flexibility index (Phi) is 3.64. The summed E-state index contributed by atoms with van der Waals surface area (Å²) in [6.07, 6.45) is 7.66. The van der Waals surface area contributed by atoms with Gasteiger partial charge in [0.05, 0.1) is 12.2 Å². The number of hydrogen-bond acceptors (Lipinski definition) is 2. The molecule has 3 nitrogen and oxygen atoms in total. The number of hydrogen-bond donors (Lipinski definition) is 0. The molecule has 1 amide bonds. The van der Waals surface area contributed by atoms with Gasteiger partial charge in [0, 0.05) is 19.5 Å². The largest absolute Gasteiger partial charge is 0.372 e. The van der Waals surface area contributed by atoms with Crippen molar-refractivity contribution in [3.63, 3.8) is 0 Å². The Hall–Kier alpha value is -0.830. The number of morpholine rings is 1. The standard InChI is InChI=1S/C13H21NO2/c1-10-8-14(9-11(2)16-10)13(15)7-12-5-3-4-6-12/h3,5,10-12H,4,6-9H2,1-2H3. The van der Waals surface area contributed by atoms with E-state index >= 15 is 0 Å². The van der Waals surface area contributed by atoms with Gasteiger partial charge in [-0.3, -0.25) is 4.79 Å². The highest BCUT2D eigenvalue weighted by molar-refractivity contribution is 5.76. The van der Waals surface area contributed by atoms with Crippen molar-refractivity contribution in [2.45, 2.75) is 45.3 Å². The molecule has 3 heteroatoms. The first-order chi connectivity index (χ1) is 7.65. The summed E-state index contributed by atoms with van der Waals surface area (Å²) in [5, 5.41) is 0. The first-order valence-corrected chi connectivity index (χ1v) is 6.25. The summed E-state index contributed by atoms with van der Waals surface area (Å²) >= 11 is 0. The second kappa shape index (κ2) is 5.00. The van der Waals surface area contributed by atoms with Gasteiger partial charge in [0.15, 0.2) is 0 Å². The highest BCUT2D eigenvalue weighted by Crippen LogP contribution is 2.22. The fourth-order valence-electron chi connectivity index (χ4n) is 2.60. The van der Waals surface area contributed by atoms with Crippen LogP contribution in [0.15, 0.2) is 12.2 Å². The minimum atomic E-state index is 0.173. The highest BCUT2D eigenvalue weighted by Gasteiger charge is 2.27. The van der Waals surface area contributed by atoms with Crippen LogP contribution in [0.5, 0.6) is 0 Å². The van der Waals surface area contributed by atoms with Gasteiger partial charge in [-0.2, -0.15) is 0 Å². The van der Waals surface area contributed by atoms with Gasteiger partial charge < -0.3 is 9.64 Å². The van der Waals surface area contributed by atoms with E-state index in [1.54, 1.807) is 0 Å². The normalized spacial score (nSPS) is 34.4. The maximum absolute atomic E-state index is 12.1. The smallest absolute Gasteiger partial charge is 0.223 e. The zero-order valence-corrected chi connectivity index (χ0v) is 10.2. The summed E-state index contributed by atoms with van der Waals surface area (Å²) in [7, 11) is 0. The van der Waals surface area contributed by atoms with Gasteiger partial charge in [0.1, 0.15) is 0 Å². The molecule has 0 N–H and O–H groups in total. The first kappa shape index (κ1) is 11.6. The Bertz CT molecular complexity index is 278. The van der Waals surface area contributed by atoms with Gasteiger partial charge in [0.25, 0.3) is 0 Å². The monoisotopic (exact) mass is 223 g/mol. The molecular weight excluding hydrogens is 202 g/mol. The molecule has 0 aromatic carbocycles. The van der Waals surface area contributed by atoms with E-state index in [4.69, 9.17) is 4.74 Å². The molecule has 0 saturated carbocycles. The van der Waals surface area contributed by atoms with Crippen LogP contribution in [0.2, 0.25) is 0 Å². The van der Waals surface area contributed by atoms with E-state index in [1.807, 2.05) is 18.7 Å². The third-order valence-corrected chi connectivity index (χ3v) is 3.32. The van der Waals surface area contributed by atoms with Crippen molar-refractivity contribution in [2.24, 2.45) is 5.92 Å². The molecule has 1 fully saturated rings. The highest BCUT2D eigenvalue weighted by atomic mass is 16.5. The number of rotatable bonds is 2. The van der Waals surface area contributed by atoms with Crippen LogP contribution in [-0.2, 0) is 9.53 Å². The average Bonchev–Trinajstić information content (AvgIpc) is 2.68. The quantitative estimate of drug-likeness (QED) is 0.670. The minimum absolute atomic E-state index is 0.173. The average molecular weight is 223 g/mol. The summed E-state index contributed by atoms with van der Waals surface area (Å²) in [6.45, 7) is 5.57. The molecule has 1 saturated heterocycles. The molecule has 0 aromatic heterocycles. The van der Waals surface area contributed by atoms with Crippen LogP contribution < -0.4 is 0 Å². The third-order valence-electron chi connectivity index (χ3n) is 3.32. The number of carbonyl (C=O) groups excluding carboxylic acids is 1. The van der Waals surface area contributed by atoms with Gasteiger partial charge in [-0.1, -0.05) is 12.2 Å². The molecule has 1 heterocycles. The van der Waals surface area contributed by atoms with Gasteiger partial charge >= 0.3 is 0 Å². The Balaban J connectivity index is 1.85. The lowest BCUT2D eigenvalue weighted by molar-refractivity contribution is -0.143. The van der Waals surface area contributed by atoms with Crippen molar-refractivity contribution < 1.29 is 9.53 Å². The fourth-order valence-corrected chi connectivity index (χ4v) is 2.60. The minimum Gasteiger partial charge on any atom is -0.372 e. The van der Waals surface area contributed by atoms with Crippen LogP contribution in [0.25, 0.3) is 0 Å². The van der Waals surface area contributed by atoms with Crippen LogP contribution in [0, 0.1) is 5.92 Å². The Morgan fingerprint density at radius 3 is 2.62 bits per heavy atom. The van der Waals surface area contributed by atoms with Crippen LogP contribution in [-0.4, -0.2) is 36.1 Å². The number of allylic oxidation sites excluding steroid dienone is 2. The zero-order valence-electron chi connectivity index (χ0n) is 10.2. The van der Waals surface area contributed by atoms with Crippen molar-refractivity contribution in [1.82, 2.24) is 4.90 Å². The summed E-state index contributed by atoms with van der Waals surface area (Å²) in [4.78, 5) is 14.0. The van der Waals surface area contributed by atoms with Crippen LogP contribution >= 0.6 is 0 Å². The molecule has 0 spiro atoms. The van der Waals surface area contributed by atoms with E-state index < -0.39 is 0 Å². The molecule has 2 aliphatic rings. The second-order valence-corrected chi connectivity index (χ2v) is 5.03. The summed E-state index contributed by atoms with van der Waals surface area (Å²) < 4.78 is 5.63. The molecule has 0 bridgehead atoms. The first-order valence-electron chi connectivity index (χ1n) is 6.25. The van der Waals surface area contributed by atoms with E-state index in [0.717, 1.165) is 25.9 Å². The fraction of sp³-hybridized carbons (Fsp3) is 0.769. The molecule has 90 valence electrons. The molecule has 0 aromatic rings. The lowest BCUT2D eigenvalue weighted by Crippen LogP contribution is -2.48. The van der Waals surface area contributed by atoms with Crippen LogP contribution in [0.4, 0.5) is 0 Å². The van der Waals surface area contributed by atoms with Crippen LogP contribution in [0.3, 0.4) is 0 Å². The van der Waals surface area contributed by atoms with E-state index in [-0.39, 0.29) is 12.2 Å². The van der Waals surface area contributed by atoms with Crippen molar-refractivity contribution in [2.75, 3.05) is 13.1 Å². The maximum atomic E-state index is 12.1. The topological polar surface area (TPSA) is 29.5 Å². The molecule has 2 rings (SSSR count). The second-order valence-electron chi connectivity index (χ2n) is 5.03. The maximum Gasteiger partial charge on any atom is 0.223 e. The number of ether oxygens (including phenoxy) is 1. The lowest BCUT2D eigenvalue weighted by Gasteiger charge is -2.35. The van der Waals surface area contributed by atoms with Crippen LogP contribution in [0.1, 0.15) is 33.1 Å². The molecule has 3 atom stereocenters. The summed E-state index contributed by atoms with van der Waals surface area (Å²) in [6, 6.07) is 0. The van der Waals surface area contributed by atoms with E-state index in [0.29, 0.717) is 18.2 Å². The SMILES string of the molecule is CC1CN(C(=O)CC2C=CCC2)CC(C)O1. The summed E-state index contributed by atoms with van der Waals surface area (Å²) in [5.74, 6) is 0.763. The van der Waals surface area contributed by atoms with Gasteiger partial charge in [-0.25, -0.2) is 0 Å². The molecule has 1 aliphatic carbocycles. The van der Waals surface area contributed by atoms with Crippen molar-refractivity contribution in [3.05, 3.63) is 12.2 Å². The van der Waals surface area contributed by atoms with Gasteiger partial charge in [0.2, 0.25) is 5.91 Å². The molecule has 3 unspecified atom stereocenters. The molecular formula is C13H21NO2. The van der Waals surface area contributed by atoms with Crippen molar-refractivity contribution >= 4 is 5.91 Å². The Morgan fingerprint density at radius 1 is 1.38 bits per heavy atom. The zero-order chi connectivity index (χ0) is 11.5. The number of amides is 1.